The van der Waals surface area contributed by atoms with E-state index in [-0.39, 0.29) is 18.1 Å². The quantitative estimate of drug-likeness (QED) is 0.297. The van der Waals surface area contributed by atoms with Gasteiger partial charge in [0.15, 0.2) is 41.4 Å². The van der Waals surface area contributed by atoms with E-state index in [4.69, 9.17) is 0 Å². The third kappa shape index (κ3) is 5.86. The zero-order chi connectivity index (χ0) is 23.5. The van der Waals surface area contributed by atoms with E-state index in [1.807, 2.05) is 0 Å². The molecule has 0 aromatic heterocycles. The standard InChI is InChI=1S/C23H23F7O2/c1-2-3-13-4-6-14(7-5-13)15-8-19(26)22(20(27)9-15)31-12-23(29,30)32-16-10-17(24)21(28)18(25)11-16/h8-11,13-14H,2-7,12H2,1H3. The fraction of sp³-hybridized carbons (Fsp3) is 0.478. The molecule has 32 heavy (non-hydrogen) atoms. The number of rotatable bonds is 8. The lowest BCUT2D eigenvalue weighted by molar-refractivity contribution is -0.196. The molecule has 1 fully saturated rings. The Balaban J connectivity index is 1.65. The van der Waals surface area contributed by atoms with Gasteiger partial charge in [0.25, 0.3) is 0 Å². The van der Waals surface area contributed by atoms with Crippen molar-refractivity contribution in [3.8, 4) is 11.5 Å². The smallest absolute Gasteiger partial charge is 0.433 e. The van der Waals surface area contributed by atoms with Gasteiger partial charge in [0.05, 0.1) is 0 Å². The molecule has 2 aromatic carbocycles. The monoisotopic (exact) mass is 464 g/mol. The summed E-state index contributed by atoms with van der Waals surface area (Å²) in [5.41, 5.74) is 0.447. The Labute approximate surface area is 181 Å². The van der Waals surface area contributed by atoms with Gasteiger partial charge in [-0.15, -0.1) is 0 Å². The first kappa shape index (κ1) is 24.2. The van der Waals surface area contributed by atoms with E-state index >= 15 is 0 Å². The molecule has 0 aliphatic heterocycles. The van der Waals surface area contributed by atoms with E-state index in [9.17, 15) is 30.7 Å². The Morgan fingerprint density at radius 3 is 1.94 bits per heavy atom. The molecule has 3 rings (SSSR count). The molecule has 2 nitrogen and oxygen atoms in total. The largest absolute Gasteiger partial charge is 0.477 e. The minimum atomic E-state index is -4.20. The first-order chi connectivity index (χ1) is 15.1. The van der Waals surface area contributed by atoms with E-state index in [0.717, 1.165) is 50.7 Å². The molecule has 0 spiro atoms. The predicted octanol–water partition coefficient (Wildman–Crippen LogP) is 7.51. The van der Waals surface area contributed by atoms with Gasteiger partial charge in [0.1, 0.15) is 5.75 Å². The zero-order valence-corrected chi connectivity index (χ0v) is 17.4. The van der Waals surface area contributed by atoms with E-state index in [1.54, 1.807) is 0 Å². The van der Waals surface area contributed by atoms with Crippen molar-refractivity contribution in [2.24, 2.45) is 5.92 Å². The lowest BCUT2D eigenvalue weighted by Gasteiger charge is -2.29. The molecule has 176 valence electrons. The lowest BCUT2D eigenvalue weighted by Crippen LogP contribution is -2.33. The Bertz CT molecular complexity index is 894. The predicted molar refractivity (Wildman–Crippen MR) is 103 cm³/mol. The molecule has 0 N–H and O–H groups in total. The number of hydrogen-bond donors (Lipinski definition) is 0. The number of hydrogen-bond acceptors (Lipinski definition) is 2. The van der Waals surface area contributed by atoms with Crippen LogP contribution in [0.15, 0.2) is 24.3 Å². The Morgan fingerprint density at radius 2 is 1.41 bits per heavy atom. The first-order valence-electron chi connectivity index (χ1n) is 10.4. The van der Waals surface area contributed by atoms with Crippen LogP contribution in [-0.4, -0.2) is 12.7 Å². The van der Waals surface area contributed by atoms with Crippen LogP contribution in [0.25, 0.3) is 0 Å². The molecule has 0 radical (unpaired) electrons. The van der Waals surface area contributed by atoms with Crippen LogP contribution in [0.4, 0.5) is 30.7 Å². The number of halogens is 7. The minimum Gasteiger partial charge on any atom is -0.477 e. The SMILES string of the molecule is CCCC1CCC(c2cc(F)c(OCC(F)(F)Oc3cc(F)c(F)c(F)c3)c(F)c2)CC1. The second kappa shape index (κ2) is 10.0. The van der Waals surface area contributed by atoms with Crippen molar-refractivity contribution in [3.63, 3.8) is 0 Å². The van der Waals surface area contributed by atoms with Crippen LogP contribution in [0.2, 0.25) is 0 Å². The first-order valence-corrected chi connectivity index (χ1v) is 10.4. The Kier molecular flexibility index (Phi) is 7.56. The fourth-order valence-electron chi connectivity index (χ4n) is 4.10. The van der Waals surface area contributed by atoms with Crippen molar-refractivity contribution in [1.29, 1.82) is 0 Å². The molecular weight excluding hydrogens is 441 g/mol. The van der Waals surface area contributed by atoms with Crippen LogP contribution in [0.5, 0.6) is 11.5 Å². The van der Waals surface area contributed by atoms with Crippen molar-refractivity contribution < 1.29 is 40.2 Å². The Morgan fingerprint density at radius 1 is 0.844 bits per heavy atom. The molecule has 0 heterocycles. The van der Waals surface area contributed by atoms with E-state index in [1.165, 1.54) is 0 Å². The molecule has 2 aromatic rings. The van der Waals surface area contributed by atoms with Gasteiger partial charge in [-0.2, -0.15) is 8.78 Å². The average Bonchev–Trinajstić information content (AvgIpc) is 2.71. The summed E-state index contributed by atoms with van der Waals surface area (Å²) in [6.07, 6.45) is 1.52. The Hall–Kier alpha value is -2.45. The maximum Gasteiger partial charge on any atom is 0.433 e. The molecule has 9 heteroatoms. The summed E-state index contributed by atoms with van der Waals surface area (Å²) >= 11 is 0. The highest BCUT2D eigenvalue weighted by molar-refractivity contribution is 5.33. The second-order valence-corrected chi connectivity index (χ2v) is 8.05. The van der Waals surface area contributed by atoms with Crippen LogP contribution in [0, 0.1) is 35.0 Å². The van der Waals surface area contributed by atoms with Gasteiger partial charge in [-0.1, -0.05) is 19.8 Å². The van der Waals surface area contributed by atoms with Gasteiger partial charge in [-0.05, 0) is 55.2 Å². The van der Waals surface area contributed by atoms with Crippen molar-refractivity contribution in [2.75, 3.05) is 6.61 Å². The number of ether oxygens (including phenoxy) is 2. The van der Waals surface area contributed by atoms with E-state index < -0.39 is 53.3 Å². The molecule has 1 aliphatic rings. The van der Waals surface area contributed by atoms with Crippen LogP contribution in [0.1, 0.15) is 56.9 Å². The van der Waals surface area contributed by atoms with Gasteiger partial charge in [0, 0.05) is 12.1 Å². The van der Waals surface area contributed by atoms with Gasteiger partial charge < -0.3 is 9.47 Å². The zero-order valence-electron chi connectivity index (χ0n) is 17.4. The third-order valence-electron chi connectivity index (χ3n) is 5.64. The summed E-state index contributed by atoms with van der Waals surface area (Å²) in [7, 11) is 0. The second-order valence-electron chi connectivity index (χ2n) is 8.05. The number of alkyl halides is 2. The topological polar surface area (TPSA) is 18.5 Å². The highest BCUT2D eigenvalue weighted by atomic mass is 19.3. The number of benzene rings is 2. The van der Waals surface area contributed by atoms with E-state index in [0.29, 0.717) is 11.5 Å². The van der Waals surface area contributed by atoms with Crippen molar-refractivity contribution >= 4 is 0 Å². The van der Waals surface area contributed by atoms with Gasteiger partial charge in [-0.3, -0.25) is 0 Å². The van der Waals surface area contributed by atoms with Crippen LogP contribution in [-0.2, 0) is 0 Å². The summed E-state index contributed by atoms with van der Waals surface area (Å²) in [6, 6.07) is 2.59. The summed E-state index contributed by atoms with van der Waals surface area (Å²) in [6.45, 7) is 0.475. The molecular formula is C23H23F7O2. The maximum absolute atomic E-state index is 14.4. The minimum absolute atomic E-state index is 0.0193. The molecule has 0 atom stereocenters. The lowest BCUT2D eigenvalue weighted by atomic mass is 9.77. The fourth-order valence-corrected chi connectivity index (χ4v) is 4.10. The molecule has 0 saturated heterocycles. The van der Waals surface area contributed by atoms with Crippen LogP contribution in [0.3, 0.4) is 0 Å². The summed E-state index contributed by atoms with van der Waals surface area (Å²) in [5, 5.41) is 0. The average molecular weight is 464 g/mol. The van der Waals surface area contributed by atoms with E-state index in [2.05, 4.69) is 16.4 Å². The summed E-state index contributed by atoms with van der Waals surface area (Å²) in [4.78, 5) is 0. The molecule has 0 unspecified atom stereocenters. The summed E-state index contributed by atoms with van der Waals surface area (Å²) in [5.74, 6) is -9.00. The maximum atomic E-state index is 14.4. The normalized spacial score (nSPS) is 19.1. The van der Waals surface area contributed by atoms with Crippen molar-refractivity contribution in [1.82, 2.24) is 0 Å². The van der Waals surface area contributed by atoms with Gasteiger partial charge >= 0.3 is 6.11 Å². The molecule has 1 aliphatic carbocycles. The molecule has 0 amide bonds. The van der Waals surface area contributed by atoms with Gasteiger partial charge in [-0.25, -0.2) is 22.0 Å². The molecule has 0 bridgehead atoms. The highest BCUT2D eigenvalue weighted by Gasteiger charge is 2.35. The highest BCUT2D eigenvalue weighted by Crippen LogP contribution is 2.39. The summed E-state index contributed by atoms with van der Waals surface area (Å²) < 4.78 is 105. The third-order valence-corrected chi connectivity index (χ3v) is 5.64. The van der Waals surface area contributed by atoms with Crippen LogP contribution < -0.4 is 9.47 Å². The van der Waals surface area contributed by atoms with Gasteiger partial charge in [0.2, 0.25) is 0 Å². The van der Waals surface area contributed by atoms with Crippen molar-refractivity contribution in [3.05, 3.63) is 58.9 Å². The van der Waals surface area contributed by atoms with Crippen LogP contribution >= 0.6 is 0 Å². The molecule has 1 saturated carbocycles. The van der Waals surface area contributed by atoms with Crippen molar-refractivity contribution in [2.45, 2.75) is 57.5 Å².